The molecule has 6 heteroatoms. The molecule has 2 aromatic carbocycles. The number of furan rings is 1. The molecule has 0 aliphatic heterocycles. The lowest BCUT2D eigenvalue weighted by atomic mass is 10.0. The monoisotopic (exact) mass is 366 g/mol. The van der Waals surface area contributed by atoms with Crippen molar-refractivity contribution in [3.8, 4) is 0 Å². The number of non-ortho nitro benzene ring substituents is 1. The third kappa shape index (κ3) is 3.56. The van der Waals surface area contributed by atoms with Crippen LogP contribution in [0.4, 0.5) is 5.69 Å². The van der Waals surface area contributed by atoms with Crippen LogP contribution in [0, 0.1) is 24.0 Å². The van der Waals surface area contributed by atoms with E-state index >= 15 is 0 Å². The van der Waals surface area contributed by atoms with E-state index in [1.807, 2.05) is 32.9 Å². The Labute approximate surface area is 157 Å². The van der Waals surface area contributed by atoms with Crippen molar-refractivity contribution in [2.45, 2.75) is 33.2 Å². The average Bonchev–Trinajstić information content (AvgIpc) is 3.06. The predicted molar refractivity (Wildman–Crippen MR) is 104 cm³/mol. The SMILES string of the molecule is Cc1ccc2c(CC(=O)N(C)[C@H](C)c3cccc([N+](=O)[O-])c3)coc2c1C. The van der Waals surface area contributed by atoms with Gasteiger partial charge in [-0.25, -0.2) is 0 Å². The number of nitro groups is 1. The van der Waals surface area contributed by atoms with Crippen molar-refractivity contribution >= 4 is 22.6 Å². The highest BCUT2D eigenvalue weighted by molar-refractivity contribution is 5.89. The number of nitro benzene ring substituents is 1. The number of carbonyl (C=O) groups excluding carboxylic acids is 1. The summed E-state index contributed by atoms with van der Waals surface area (Å²) in [6, 6.07) is 10.1. The van der Waals surface area contributed by atoms with Gasteiger partial charge in [0.05, 0.1) is 23.6 Å². The predicted octanol–water partition coefficient (Wildman–Crippen LogP) is 4.72. The molecule has 140 valence electrons. The van der Waals surface area contributed by atoms with E-state index in [9.17, 15) is 14.9 Å². The van der Waals surface area contributed by atoms with E-state index < -0.39 is 4.92 Å². The van der Waals surface area contributed by atoms with E-state index in [2.05, 4.69) is 0 Å². The van der Waals surface area contributed by atoms with E-state index in [0.717, 1.165) is 33.2 Å². The summed E-state index contributed by atoms with van der Waals surface area (Å²) in [5, 5.41) is 11.9. The van der Waals surface area contributed by atoms with Crippen molar-refractivity contribution in [3.63, 3.8) is 0 Å². The van der Waals surface area contributed by atoms with Crippen LogP contribution >= 0.6 is 0 Å². The third-order valence-electron chi connectivity index (χ3n) is 5.22. The fourth-order valence-electron chi connectivity index (χ4n) is 3.15. The van der Waals surface area contributed by atoms with Gasteiger partial charge in [-0.2, -0.15) is 0 Å². The van der Waals surface area contributed by atoms with E-state index in [-0.39, 0.29) is 24.1 Å². The molecule has 3 aromatic rings. The van der Waals surface area contributed by atoms with E-state index in [4.69, 9.17) is 4.42 Å². The first-order valence-corrected chi connectivity index (χ1v) is 8.76. The number of amides is 1. The Bertz CT molecular complexity index is 1020. The van der Waals surface area contributed by atoms with Gasteiger partial charge in [-0.05, 0) is 37.5 Å². The molecule has 0 aliphatic rings. The van der Waals surface area contributed by atoms with Gasteiger partial charge in [0.2, 0.25) is 5.91 Å². The van der Waals surface area contributed by atoms with Gasteiger partial charge in [0.15, 0.2) is 0 Å². The zero-order chi connectivity index (χ0) is 19.7. The van der Waals surface area contributed by atoms with Gasteiger partial charge in [-0.3, -0.25) is 14.9 Å². The second kappa shape index (κ2) is 7.23. The molecule has 0 spiro atoms. The fourth-order valence-corrected chi connectivity index (χ4v) is 3.15. The fraction of sp³-hybridized carbons (Fsp3) is 0.286. The van der Waals surface area contributed by atoms with Crippen LogP contribution in [0.1, 0.15) is 35.2 Å². The maximum atomic E-state index is 12.8. The van der Waals surface area contributed by atoms with Gasteiger partial charge in [0.1, 0.15) is 5.58 Å². The second-order valence-electron chi connectivity index (χ2n) is 6.85. The molecule has 1 aromatic heterocycles. The molecule has 0 radical (unpaired) electrons. The van der Waals surface area contributed by atoms with Gasteiger partial charge >= 0.3 is 0 Å². The van der Waals surface area contributed by atoms with E-state index in [1.165, 1.54) is 12.1 Å². The molecule has 0 saturated heterocycles. The Morgan fingerprint density at radius 2 is 2.00 bits per heavy atom. The topological polar surface area (TPSA) is 76.6 Å². The molecule has 6 nitrogen and oxygen atoms in total. The number of nitrogens with zero attached hydrogens (tertiary/aromatic N) is 2. The molecule has 1 heterocycles. The standard InChI is InChI=1S/C21H22N2O4/c1-13-8-9-19-17(12-27-21(19)14(13)2)11-20(24)22(4)15(3)16-6-5-7-18(10-16)23(25)26/h5-10,12,15H,11H2,1-4H3/t15-/m1/s1. The highest BCUT2D eigenvalue weighted by Gasteiger charge is 2.21. The van der Waals surface area contributed by atoms with Crippen molar-refractivity contribution in [3.05, 3.63) is 75.0 Å². The quantitative estimate of drug-likeness (QED) is 0.483. The van der Waals surface area contributed by atoms with Gasteiger partial charge < -0.3 is 9.32 Å². The maximum Gasteiger partial charge on any atom is 0.269 e. The van der Waals surface area contributed by atoms with Crippen LogP contribution in [-0.4, -0.2) is 22.8 Å². The smallest absolute Gasteiger partial charge is 0.269 e. The molecule has 1 amide bonds. The van der Waals surface area contributed by atoms with Crippen molar-refractivity contribution in [1.29, 1.82) is 0 Å². The lowest BCUT2D eigenvalue weighted by Gasteiger charge is -2.25. The number of aryl methyl sites for hydroxylation is 2. The minimum Gasteiger partial charge on any atom is -0.464 e. The summed E-state index contributed by atoms with van der Waals surface area (Å²) in [6.07, 6.45) is 1.85. The Morgan fingerprint density at radius 3 is 2.70 bits per heavy atom. The molecule has 0 fully saturated rings. The first-order valence-electron chi connectivity index (χ1n) is 8.76. The summed E-state index contributed by atoms with van der Waals surface area (Å²) >= 11 is 0. The molecule has 0 N–H and O–H groups in total. The number of fused-ring (bicyclic) bond motifs is 1. The number of likely N-dealkylation sites (N-methyl/N-ethyl adjacent to an activating group) is 1. The lowest BCUT2D eigenvalue weighted by Crippen LogP contribution is -2.30. The van der Waals surface area contributed by atoms with Crippen LogP contribution in [0.2, 0.25) is 0 Å². The van der Waals surface area contributed by atoms with Crippen molar-refractivity contribution in [1.82, 2.24) is 4.90 Å². The molecule has 27 heavy (non-hydrogen) atoms. The third-order valence-corrected chi connectivity index (χ3v) is 5.22. The summed E-state index contributed by atoms with van der Waals surface area (Å²) in [6.45, 7) is 5.89. The summed E-state index contributed by atoms with van der Waals surface area (Å²) < 4.78 is 5.68. The van der Waals surface area contributed by atoms with Gasteiger partial charge in [0.25, 0.3) is 5.69 Å². The van der Waals surface area contributed by atoms with E-state index in [0.29, 0.717) is 0 Å². The average molecular weight is 366 g/mol. The molecule has 0 unspecified atom stereocenters. The largest absolute Gasteiger partial charge is 0.464 e. The van der Waals surface area contributed by atoms with Crippen LogP contribution in [0.25, 0.3) is 11.0 Å². The van der Waals surface area contributed by atoms with Crippen molar-refractivity contribution in [2.24, 2.45) is 0 Å². The van der Waals surface area contributed by atoms with Gasteiger partial charge in [-0.15, -0.1) is 0 Å². The van der Waals surface area contributed by atoms with Crippen LogP contribution in [0.3, 0.4) is 0 Å². The van der Waals surface area contributed by atoms with Crippen LogP contribution in [0.5, 0.6) is 0 Å². The Kier molecular flexibility index (Phi) is 4.99. The zero-order valence-corrected chi connectivity index (χ0v) is 15.9. The zero-order valence-electron chi connectivity index (χ0n) is 15.9. The summed E-state index contributed by atoms with van der Waals surface area (Å²) in [7, 11) is 1.71. The van der Waals surface area contributed by atoms with Crippen molar-refractivity contribution in [2.75, 3.05) is 7.05 Å². The van der Waals surface area contributed by atoms with Gasteiger partial charge in [0, 0.05) is 30.1 Å². The number of rotatable bonds is 5. The van der Waals surface area contributed by atoms with Gasteiger partial charge in [-0.1, -0.05) is 24.3 Å². The molecule has 1 atom stereocenters. The minimum absolute atomic E-state index is 0.0203. The number of carbonyl (C=O) groups is 1. The molecule has 0 aliphatic carbocycles. The second-order valence-corrected chi connectivity index (χ2v) is 6.85. The Balaban J connectivity index is 1.81. The number of benzene rings is 2. The van der Waals surface area contributed by atoms with Crippen LogP contribution in [-0.2, 0) is 11.2 Å². The summed E-state index contributed by atoms with van der Waals surface area (Å²) in [4.78, 5) is 25.0. The molecule has 0 saturated carbocycles. The lowest BCUT2D eigenvalue weighted by molar-refractivity contribution is -0.384. The molecule has 0 bridgehead atoms. The maximum absolute atomic E-state index is 12.8. The highest BCUT2D eigenvalue weighted by Crippen LogP contribution is 2.28. The first kappa shape index (κ1) is 18.6. The summed E-state index contributed by atoms with van der Waals surface area (Å²) in [5.74, 6) is -0.0741. The number of hydrogen-bond acceptors (Lipinski definition) is 4. The first-order chi connectivity index (χ1) is 12.8. The molecular weight excluding hydrogens is 344 g/mol. The van der Waals surface area contributed by atoms with Crippen LogP contribution in [0.15, 0.2) is 47.1 Å². The van der Waals surface area contributed by atoms with Crippen molar-refractivity contribution < 1.29 is 14.1 Å². The van der Waals surface area contributed by atoms with Crippen LogP contribution < -0.4 is 0 Å². The molecule has 3 rings (SSSR count). The Morgan fingerprint density at radius 1 is 1.26 bits per heavy atom. The highest BCUT2D eigenvalue weighted by atomic mass is 16.6. The summed E-state index contributed by atoms with van der Waals surface area (Å²) in [5.41, 5.74) is 4.62. The normalized spacial score (nSPS) is 12.1. The van der Waals surface area contributed by atoms with E-state index in [1.54, 1.807) is 30.3 Å². The number of hydrogen-bond donors (Lipinski definition) is 0. The molecular formula is C21H22N2O4. The minimum atomic E-state index is -0.431. The Hall–Kier alpha value is -3.15.